The highest BCUT2D eigenvalue weighted by molar-refractivity contribution is 6.03. The summed E-state index contributed by atoms with van der Waals surface area (Å²) in [7, 11) is 0. The van der Waals surface area contributed by atoms with Gasteiger partial charge >= 0.3 is 0 Å². The summed E-state index contributed by atoms with van der Waals surface area (Å²) in [6.45, 7) is 2.95. The first-order chi connectivity index (χ1) is 10.3. The van der Waals surface area contributed by atoms with Crippen LogP contribution in [0.5, 0.6) is 0 Å². The Bertz CT molecular complexity index is 509. The molecule has 0 spiro atoms. The Kier molecular flexibility index (Phi) is 6.17. The van der Waals surface area contributed by atoms with Crippen molar-refractivity contribution >= 4 is 23.9 Å². The molecule has 1 atom stereocenters. The number of hydrogen-bond acceptors (Lipinski definition) is 4. The van der Waals surface area contributed by atoms with Crippen LogP contribution < -0.4 is 10.2 Å². The van der Waals surface area contributed by atoms with Crippen molar-refractivity contribution in [2.75, 3.05) is 37.7 Å². The minimum atomic E-state index is -1.28. The van der Waals surface area contributed by atoms with E-state index in [9.17, 15) is 9.18 Å². The van der Waals surface area contributed by atoms with E-state index in [1.807, 2.05) is 29.2 Å². The number of morpholine rings is 1. The first-order valence-corrected chi connectivity index (χ1v) is 7.60. The van der Waals surface area contributed by atoms with E-state index in [1.165, 1.54) is 0 Å². The van der Waals surface area contributed by atoms with Crippen LogP contribution in [0, 0.1) is 5.92 Å². The van der Waals surface area contributed by atoms with Gasteiger partial charge in [0, 0.05) is 23.7 Å². The maximum Gasteiger partial charge on any atom is 0.216 e. The number of halogens is 2. The average Bonchev–Trinajstić information content (AvgIpc) is 2.55. The van der Waals surface area contributed by atoms with Crippen molar-refractivity contribution in [3.63, 3.8) is 0 Å². The van der Waals surface area contributed by atoms with Gasteiger partial charge in [-0.1, -0.05) is 12.1 Å². The number of Topliss-reactive ketones (excluding diaryl/α,β-unsaturated/α-hetero) is 1. The molecule has 2 aliphatic rings. The van der Waals surface area contributed by atoms with E-state index in [-0.39, 0.29) is 30.7 Å². The molecular weight excluding hydrogens is 307 g/mol. The third-order valence-electron chi connectivity index (χ3n) is 4.24. The van der Waals surface area contributed by atoms with E-state index in [1.54, 1.807) is 0 Å². The van der Waals surface area contributed by atoms with Crippen LogP contribution in [0.25, 0.3) is 0 Å². The summed E-state index contributed by atoms with van der Waals surface area (Å²) in [6, 6.07) is 7.55. The second kappa shape index (κ2) is 7.90. The van der Waals surface area contributed by atoms with E-state index in [0.29, 0.717) is 13.2 Å². The smallest absolute Gasteiger partial charge is 0.216 e. The van der Waals surface area contributed by atoms with Crippen LogP contribution in [0.1, 0.15) is 23.2 Å². The van der Waals surface area contributed by atoms with Crippen LogP contribution >= 0.6 is 12.4 Å². The average molecular weight is 329 g/mol. The minimum Gasteiger partial charge on any atom is -0.363 e. The van der Waals surface area contributed by atoms with Gasteiger partial charge in [-0.05, 0) is 38.1 Å². The van der Waals surface area contributed by atoms with Gasteiger partial charge in [0.25, 0.3) is 0 Å². The van der Waals surface area contributed by atoms with Crippen molar-refractivity contribution in [1.82, 2.24) is 5.32 Å². The fraction of sp³-hybridized carbons (Fsp3) is 0.562. The van der Waals surface area contributed by atoms with Crippen molar-refractivity contribution in [2.45, 2.75) is 19.2 Å². The molecule has 0 aliphatic carbocycles. The Morgan fingerprint density at radius 1 is 1.27 bits per heavy atom. The number of nitrogens with one attached hydrogen (secondary N) is 1. The van der Waals surface area contributed by atoms with Gasteiger partial charge in [0.05, 0.1) is 13.2 Å². The highest BCUT2D eigenvalue weighted by Gasteiger charge is 2.27. The number of rotatable bonds is 3. The third kappa shape index (κ3) is 3.77. The van der Waals surface area contributed by atoms with Gasteiger partial charge in [-0.2, -0.15) is 0 Å². The molecule has 2 aliphatic heterocycles. The maximum absolute atomic E-state index is 13.4. The Balaban J connectivity index is 0.00000176. The van der Waals surface area contributed by atoms with Gasteiger partial charge in [-0.15, -0.1) is 12.4 Å². The summed E-state index contributed by atoms with van der Waals surface area (Å²) < 4.78 is 18.4. The standard InChI is InChI=1S/C16H21FN2O2.ClH/c17-15-11-19(9-10-21-15)14-4-2-1-3-13(14)16(20)12-5-7-18-8-6-12;/h1-4,12,15,18H,5-11H2;1H. The molecule has 22 heavy (non-hydrogen) atoms. The molecule has 0 saturated carbocycles. The lowest BCUT2D eigenvalue weighted by molar-refractivity contribution is -0.0465. The van der Waals surface area contributed by atoms with Gasteiger partial charge in [0.2, 0.25) is 6.36 Å². The number of carbonyl (C=O) groups excluding carboxylic acids is 1. The summed E-state index contributed by atoms with van der Waals surface area (Å²) in [4.78, 5) is 14.7. The lowest BCUT2D eigenvalue weighted by Crippen LogP contribution is -2.41. The molecular formula is C16H22ClFN2O2. The second-order valence-electron chi connectivity index (χ2n) is 5.63. The number of para-hydroxylation sites is 1. The SMILES string of the molecule is Cl.O=C(c1ccccc1N1CCOC(F)C1)C1CCNCC1. The summed E-state index contributed by atoms with van der Waals surface area (Å²) >= 11 is 0. The van der Waals surface area contributed by atoms with Crippen LogP contribution in [-0.2, 0) is 4.74 Å². The molecule has 1 unspecified atom stereocenters. The maximum atomic E-state index is 13.4. The third-order valence-corrected chi connectivity index (χ3v) is 4.24. The molecule has 1 aromatic carbocycles. The topological polar surface area (TPSA) is 41.6 Å². The summed E-state index contributed by atoms with van der Waals surface area (Å²) in [5.41, 5.74) is 1.56. The normalized spacial score (nSPS) is 23.0. The van der Waals surface area contributed by atoms with E-state index in [4.69, 9.17) is 4.74 Å². The second-order valence-corrected chi connectivity index (χ2v) is 5.63. The summed E-state index contributed by atoms with van der Waals surface area (Å²) in [6.07, 6.45) is 0.477. The van der Waals surface area contributed by atoms with E-state index < -0.39 is 6.36 Å². The van der Waals surface area contributed by atoms with Gasteiger partial charge in [0.1, 0.15) is 0 Å². The Morgan fingerprint density at radius 2 is 2.00 bits per heavy atom. The molecule has 1 aromatic rings. The van der Waals surface area contributed by atoms with Crippen LogP contribution in [0.4, 0.5) is 10.1 Å². The molecule has 2 heterocycles. The lowest BCUT2D eigenvalue weighted by atomic mass is 9.88. The van der Waals surface area contributed by atoms with Gasteiger partial charge < -0.3 is 15.0 Å². The molecule has 1 N–H and O–H groups in total. The number of benzene rings is 1. The zero-order chi connectivity index (χ0) is 14.7. The number of ketones is 1. The van der Waals surface area contributed by atoms with Gasteiger partial charge in [-0.3, -0.25) is 4.79 Å². The molecule has 0 amide bonds. The number of piperidine rings is 1. The van der Waals surface area contributed by atoms with Crippen LogP contribution in [-0.4, -0.2) is 44.9 Å². The number of hydrogen-bond donors (Lipinski definition) is 1. The quantitative estimate of drug-likeness (QED) is 0.865. The number of anilines is 1. The minimum absolute atomic E-state index is 0. The highest BCUT2D eigenvalue weighted by Crippen LogP contribution is 2.27. The summed E-state index contributed by atoms with van der Waals surface area (Å²) in [5.74, 6) is 0.267. The van der Waals surface area contributed by atoms with E-state index >= 15 is 0 Å². The van der Waals surface area contributed by atoms with Crippen LogP contribution in [0.15, 0.2) is 24.3 Å². The zero-order valence-electron chi connectivity index (χ0n) is 12.5. The highest BCUT2D eigenvalue weighted by atomic mass is 35.5. The fourth-order valence-corrected chi connectivity index (χ4v) is 3.09. The number of nitrogens with zero attached hydrogens (tertiary/aromatic N) is 1. The number of alkyl halides is 1. The molecule has 0 bridgehead atoms. The number of carbonyl (C=O) groups is 1. The van der Waals surface area contributed by atoms with Crippen LogP contribution in [0.3, 0.4) is 0 Å². The van der Waals surface area contributed by atoms with Gasteiger partial charge in [0.15, 0.2) is 5.78 Å². The van der Waals surface area contributed by atoms with E-state index in [2.05, 4.69) is 5.32 Å². The van der Waals surface area contributed by atoms with Crippen molar-refractivity contribution in [3.05, 3.63) is 29.8 Å². The van der Waals surface area contributed by atoms with Crippen molar-refractivity contribution < 1.29 is 13.9 Å². The number of ether oxygens (including phenoxy) is 1. The molecule has 6 heteroatoms. The molecule has 122 valence electrons. The predicted molar refractivity (Wildman–Crippen MR) is 86.7 cm³/mol. The largest absolute Gasteiger partial charge is 0.363 e. The summed E-state index contributed by atoms with van der Waals surface area (Å²) in [5, 5.41) is 3.28. The molecule has 2 saturated heterocycles. The zero-order valence-corrected chi connectivity index (χ0v) is 13.3. The van der Waals surface area contributed by atoms with Crippen molar-refractivity contribution in [1.29, 1.82) is 0 Å². The first-order valence-electron chi connectivity index (χ1n) is 7.60. The molecule has 2 fully saturated rings. The molecule has 0 radical (unpaired) electrons. The van der Waals surface area contributed by atoms with Crippen LogP contribution in [0.2, 0.25) is 0 Å². The Morgan fingerprint density at radius 3 is 2.73 bits per heavy atom. The monoisotopic (exact) mass is 328 g/mol. The van der Waals surface area contributed by atoms with Gasteiger partial charge in [-0.25, -0.2) is 4.39 Å². The molecule has 0 aromatic heterocycles. The molecule has 4 nitrogen and oxygen atoms in total. The van der Waals surface area contributed by atoms with Crippen molar-refractivity contribution in [2.24, 2.45) is 5.92 Å². The van der Waals surface area contributed by atoms with E-state index in [0.717, 1.165) is 37.2 Å². The lowest BCUT2D eigenvalue weighted by Gasteiger charge is -2.33. The van der Waals surface area contributed by atoms with Crippen molar-refractivity contribution in [3.8, 4) is 0 Å². The Hall–Kier alpha value is -1.17. The predicted octanol–water partition coefficient (Wildman–Crippen LogP) is 2.42. The fourth-order valence-electron chi connectivity index (χ4n) is 3.09. The Labute approximate surface area is 136 Å². The molecule has 3 rings (SSSR count). The first kappa shape index (κ1) is 17.2.